The Balaban J connectivity index is 2.75. The summed E-state index contributed by atoms with van der Waals surface area (Å²) in [5.74, 6) is -2.88. The van der Waals surface area contributed by atoms with Gasteiger partial charge in [0.15, 0.2) is 0 Å². The first-order valence-corrected chi connectivity index (χ1v) is 4.66. The molecule has 0 saturated carbocycles. The third-order valence-electron chi connectivity index (χ3n) is 2.05. The summed E-state index contributed by atoms with van der Waals surface area (Å²) in [6.07, 6.45) is 0.0865. The molecule has 0 aromatic heterocycles. The van der Waals surface area contributed by atoms with Gasteiger partial charge >= 0.3 is 0 Å². The predicted molar refractivity (Wildman–Crippen MR) is 53.8 cm³/mol. The highest BCUT2D eigenvalue weighted by Gasteiger charge is 2.30. The summed E-state index contributed by atoms with van der Waals surface area (Å²) >= 11 is 5.82. The van der Waals surface area contributed by atoms with Crippen LogP contribution < -0.4 is 5.73 Å². The molecule has 1 aromatic rings. The number of benzene rings is 1. The SMILES string of the molecule is CC(F)(F)C(N)Cc1ccccc1Cl. The molecule has 1 nitrogen and oxygen atoms in total. The number of alkyl halides is 2. The molecule has 0 fully saturated rings. The fourth-order valence-corrected chi connectivity index (χ4v) is 1.29. The van der Waals surface area contributed by atoms with Crippen molar-refractivity contribution in [1.82, 2.24) is 0 Å². The maximum Gasteiger partial charge on any atom is 0.260 e. The van der Waals surface area contributed by atoms with Gasteiger partial charge in [-0.3, -0.25) is 0 Å². The first kappa shape index (κ1) is 11.4. The maximum absolute atomic E-state index is 12.8. The summed E-state index contributed by atoms with van der Waals surface area (Å²) < 4.78 is 25.5. The molecule has 0 saturated heterocycles. The summed E-state index contributed by atoms with van der Waals surface area (Å²) in [6.45, 7) is 0.814. The molecule has 0 aliphatic rings. The van der Waals surface area contributed by atoms with Crippen molar-refractivity contribution in [2.75, 3.05) is 0 Å². The van der Waals surface area contributed by atoms with E-state index in [4.69, 9.17) is 17.3 Å². The van der Waals surface area contributed by atoms with E-state index in [1.165, 1.54) is 0 Å². The average molecular weight is 220 g/mol. The van der Waals surface area contributed by atoms with E-state index in [0.29, 0.717) is 10.6 Å². The first-order chi connectivity index (χ1) is 6.41. The molecule has 1 atom stereocenters. The highest BCUT2D eigenvalue weighted by atomic mass is 35.5. The molecule has 0 bridgehead atoms. The molecule has 0 aliphatic carbocycles. The Morgan fingerprint density at radius 3 is 2.50 bits per heavy atom. The zero-order valence-corrected chi connectivity index (χ0v) is 8.56. The van der Waals surface area contributed by atoms with Gasteiger partial charge in [-0.05, 0) is 18.1 Å². The molecule has 1 aromatic carbocycles. The van der Waals surface area contributed by atoms with Crippen molar-refractivity contribution in [3.63, 3.8) is 0 Å². The second-order valence-corrected chi connectivity index (χ2v) is 3.77. The molecular formula is C10H12ClF2N. The van der Waals surface area contributed by atoms with E-state index in [-0.39, 0.29) is 6.42 Å². The maximum atomic E-state index is 12.8. The van der Waals surface area contributed by atoms with E-state index in [9.17, 15) is 8.78 Å². The predicted octanol–water partition coefficient (Wildman–Crippen LogP) is 2.87. The zero-order chi connectivity index (χ0) is 10.8. The molecule has 0 radical (unpaired) electrons. The summed E-state index contributed by atoms with van der Waals surface area (Å²) in [6, 6.07) is 5.68. The monoisotopic (exact) mass is 219 g/mol. The van der Waals surface area contributed by atoms with Gasteiger partial charge in [0.2, 0.25) is 0 Å². The molecular weight excluding hydrogens is 208 g/mol. The Morgan fingerprint density at radius 1 is 1.43 bits per heavy atom. The van der Waals surface area contributed by atoms with Gasteiger partial charge in [0.25, 0.3) is 5.92 Å². The van der Waals surface area contributed by atoms with Crippen LogP contribution in [0.15, 0.2) is 24.3 Å². The van der Waals surface area contributed by atoms with E-state index in [1.54, 1.807) is 24.3 Å². The van der Waals surface area contributed by atoms with Crippen molar-refractivity contribution < 1.29 is 8.78 Å². The van der Waals surface area contributed by atoms with Crippen LogP contribution in [0.25, 0.3) is 0 Å². The normalized spacial score (nSPS) is 14.1. The van der Waals surface area contributed by atoms with Crippen molar-refractivity contribution in [2.45, 2.75) is 25.3 Å². The minimum atomic E-state index is -2.88. The lowest BCUT2D eigenvalue weighted by Gasteiger charge is -2.19. The number of rotatable bonds is 3. The van der Waals surface area contributed by atoms with Gasteiger partial charge in [-0.15, -0.1) is 0 Å². The second-order valence-electron chi connectivity index (χ2n) is 3.36. The third kappa shape index (κ3) is 2.93. The standard InChI is InChI=1S/C10H12ClF2N/c1-10(12,13)9(14)6-7-4-2-3-5-8(7)11/h2-5,9H,6,14H2,1H3. The Kier molecular flexibility index (Phi) is 3.45. The van der Waals surface area contributed by atoms with Crippen LogP contribution in [0.2, 0.25) is 5.02 Å². The average Bonchev–Trinajstić information content (AvgIpc) is 2.07. The van der Waals surface area contributed by atoms with Crippen LogP contribution in [0.4, 0.5) is 8.78 Å². The van der Waals surface area contributed by atoms with Crippen LogP contribution in [0.5, 0.6) is 0 Å². The molecule has 1 unspecified atom stereocenters. The fraction of sp³-hybridized carbons (Fsp3) is 0.400. The molecule has 78 valence electrons. The lowest BCUT2D eigenvalue weighted by molar-refractivity contribution is -0.00512. The highest BCUT2D eigenvalue weighted by Crippen LogP contribution is 2.22. The van der Waals surface area contributed by atoms with E-state index in [2.05, 4.69) is 0 Å². The van der Waals surface area contributed by atoms with E-state index in [0.717, 1.165) is 6.92 Å². The quantitative estimate of drug-likeness (QED) is 0.831. The van der Waals surface area contributed by atoms with Crippen molar-refractivity contribution >= 4 is 11.6 Å². The Hall–Kier alpha value is -0.670. The minimum absolute atomic E-state index is 0.0865. The Morgan fingerprint density at radius 2 is 2.00 bits per heavy atom. The van der Waals surface area contributed by atoms with Crippen molar-refractivity contribution in [3.05, 3.63) is 34.9 Å². The van der Waals surface area contributed by atoms with Crippen LogP contribution in [0, 0.1) is 0 Å². The van der Waals surface area contributed by atoms with Crippen molar-refractivity contribution in [1.29, 1.82) is 0 Å². The van der Waals surface area contributed by atoms with Gasteiger partial charge < -0.3 is 5.73 Å². The number of hydrogen-bond acceptors (Lipinski definition) is 1. The first-order valence-electron chi connectivity index (χ1n) is 4.28. The minimum Gasteiger partial charge on any atom is -0.322 e. The molecule has 0 amide bonds. The number of nitrogens with two attached hydrogens (primary N) is 1. The van der Waals surface area contributed by atoms with Crippen molar-refractivity contribution in [3.8, 4) is 0 Å². The topological polar surface area (TPSA) is 26.0 Å². The van der Waals surface area contributed by atoms with E-state index >= 15 is 0 Å². The smallest absolute Gasteiger partial charge is 0.260 e. The fourth-order valence-electron chi connectivity index (χ4n) is 1.08. The zero-order valence-electron chi connectivity index (χ0n) is 7.81. The molecule has 14 heavy (non-hydrogen) atoms. The van der Waals surface area contributed by atoms with Gasteiger partial charge in [0.1, 0.15) is 0 Å². The van der Waals surface area contributed by atoms with Crippen LogP contribution >= 0.6 is 11.6 Å². The van der Waals surface area contributed by atoms with Gasteiger partial charge in [0.05, 0.1) is 6.04 Å². The van der Waals surface area contributed by atoms with Gasteiger partial charge in [-0.25, -0.2) is 8.78 Å². The summed E-state index contributed by atoms with van der Waals surface area (Å²) in [5, 5.41) is 0.479. The molecule has 0 spiro atoms. The lowest BCUT2D eigenvalue weighted by Crippen LogP contribution is -2.40. The van der Waals surface area contributed by atoms with E-state index in [1.807, 2.05) is 0 Å². The van der Waals surface area contributed by atoms with Crippen LogP contribution in [-0.2, 0) is 6.42 Å². The lowest BCUT2D eigenvalue weighted by atomic mass is 10.0. The van der Waals surface area contributed by atoms with Crippen LogP contribution in [-0.4, -0.2) is 12.0 Å². The molecule has 0 heterocycles. The Bertz CT molecular complexity index is 309. The summed E-state index contributed by atoms with van der Waals surface area (Å²) in [4.78, 5) is 0. The van der Waals surface area contributed by atoms with Crippen LogP contribution in [0.1, 0.15) is 12.5 Å². The molecule has 0 aliphatic heterocycles. The van der Waals surface area contributed by atoms with Gasteiger partial charge in [-0.1, -0.05) is 29.8 Å². The molecule has 1 rings (SSSR count). The van der Waals surface area contributed by atoms with Gasteiger partial charge in [-0.2, -0.15) is 0 Å². The third-order valence-corrected chi connectivity index (χ3v) is 2.42. The summed E-state index contributed by atoms with van der Waals surface area (Å²) in [5.41, 5.74) is 6.00. The van der Waals surface area contributed by atoms with Crippen LogP contribution in [0.3, 0.4) is 0 Å². The summed E-state index contributed by atoms with van der Waals surface area (Å²) in [7, 11) is 0. The molecule has 2 N–H and O–H groups in total. The largest absolute Gasteiger partial charge is 0.322 e. The Labute approximate surface area is 86.9 Å². The second kappa shape index (κ2) is 4.24. The number of halogens is 3. The highest BCUT2D eigenvalue weighted by molar-refractivity contribution is 6.31. The number of hydrogen-bond donors (Lipinski definition) is 1. The van der Waals surface area contributed by atoms with Gasteiger partial charge in [0, 0.05) is 11.9 Å². The molecule has 4 heteroatoms. The van der Waals surface area contributed by atoms with Crippen molar-refractivity contribution in [2.24, 2.45) is 5.73 Å². The van der Waals surface area contributed by atoms with E-state index < -0.39 is 12.0 Å².